The second-order valence-electron chi connectivity index (χ2n) is 5.42. The van der Waals surface area contributed by atoms with Crippen LogP contribution >= 0.6 is 0 Å². The van der Waals surface area contributed by atoms with Crippen LogP contribution in [0.2, 0.25) is 0 Å². The highest BCUT2D eigenvalue weighted by Crippen LogP contribution is 2.47. The molecule has 2 heterocycles. The number of amides is 2. The van der Waals surface area contributed by atoms with Crippen molar-refractivity contribution >= 4 is 23.7 Å². The van der Waals surface area contributed by atoms with Crippen molar-refractivity contribution in [2.45, 2.75) is 38.6 Å². The number of likely N-dealkylation sites (tertiary alicyclic amines) is 1. The smallest absolute Gasteiger partial charge is 0.236 e. The molecule has 0 unspecified atom stereocenters. The van der Waals surface area contributed by atoms with Gasteiger partial charge in [-0.2, -0.15) is 15.0 Å². The van der Waals surface area contributed by atoms with Crippen molar-refractivity contribution in [2.24, 2.45) is 5.41 Å². The molecule has 0 atom stereocenters. The van der Waals surface area contributed by atoms with Crippen LogP contribution in [0, 0.1) is 5.41 Å². The summed E-state index contributed by atoms with van der Waals surface area (Å²) in [6.07, 6.45) is 3.87. The van der Waals surface area contributed by atoms with Crippen molar-refractivity contribution in [1.82, 2.24) is 19.9 Å². The van der Waals surface area contributed by atoms with E-state index in [2.05, 4.69) is 15.0 Å². The van der Waals surface area contributed by atoms with Gasteiger partial charge in [-0.25, -0.2) is 0 Å². The van der Waals surface area contributed by atoms with Crippen LogP contribution in [-0.2, 0) is 16.1 Å². The van der Waals surface area contributed by atoms with E-state index in [9.17, 15) is 9.59 Å². The Morgan fingerprint density at radius 3 is 2.25 bits per heavy atom. The third-order valence-electron chi connectivity index (χ3n) is 4.07. The number of anilines is 2. The Balaban J connectivity index is 1.84. The molecule has 1 aromatic rings. The molecule has 1 aromatic heterocycles. The fourth-order valence-corrected chi connectivity index (χ4v) is 3.13. The summed E-state index contributed by atoms with van der Waals surface area (Å²) in [6.45, 7) is 0.0103. The number of nitrogens with zero attached hydrogens (tertiary/aromatic N) is 4. The van der Waals surface area contributed by atoms with Crippen LogP contribution in [-0.4, -0.2) is 31.7 Å². The Morgan fingerprint density at radius 1 is 1.05 bits per heavy atom. The van der Waals surface area contributed by atoms with Crippen molar-refractivity contribution in [3.05, 3.63) is 5.82 Å². The maximum Gasteiger partial charge on any atom is 0.236 e. The van der Waals surface area contributed by atoms with Gasteiger partial charge in [0.15, 0.2) is 5.82 Å². The average Bonchev–Trinajstić information content (AvgIpc) is 2.90. The number of imide groups is 1. The summed E-state index contributed by atoms with van der Waals surface area (Å²) in [5, 5.41) is 0. The van der Waals surface area contributed by atoms with Crippen LogP contribution in [0.1, 0.15) is 37.9 Å². The quantitative estimate of drug-likeness (QED) is 0.719. The Hall–Kier alpha value is -2.25. The third kappa shape index (κ3) is 1.97. The first-order valence-corrected chi connectivity index (χ1v) is 6.61. The zero-order valence-electron chi connectivity index (χ0n) is 11.0. The molecule has 0 aromatic carbocycles. The summed E-state index contributed by atoms with van der Waals surface area (Å²) in [5.41, 5.74) is 10.5. The van der Waals surface area contributed by atoms with Crippen molar-refractivity contribution in [1.29, 1.82) is 0 Å². The zero-order valence-corrected chi connectivity index (χ0v) is 11.0. The van der Waals surface area contributed by atoms with Crippen molar-refractivity contribution in [3.8, 4) is 0 Å². The van der Waals surface area contributed by atoms with E-state index in [1.807, 2.05) is 0 Å². The molecule has 8 heteroatoms. The highest BCUT2D eigenvalue weighted by Gasteiger charge is 2.52. The van der Waals surface area contributed by atoms with Gasteiger partial charge in [0.25, 0.3) is 0 Å². The molecular formula is C12H16N6O2. The third-order valence-corrected chi connectivity index (χ3v) is 4.07. The first-order chi connectivity index (χ1) is 9.50. The second-order valence-corrected chi connectivity index (χ2v) is 5.42. The molecule has 4 N–H and O–H groups in total. The van der Waals surface area contributed by atoms with Gasteiger partial charge < -0.3 is 11.5 Å². The minimum atomic E-state index is -0.485. The lowest BCUT2D eigenvalue weighted by atomic mass is 9.84. The first kappa shape index (κ1) is 12.8. The molecule has 2 amide bonds. The average molecular weight is 276 g/mol. The van der Waals surface area contributed by atoms with Gasteiger partial charge in [0.05, 0.1) is 12.0 Å². The second kappa shape index (κ2) is 4.39. The molecule has 2 fully saturated rings. The predicted octanol–water partition coefficient (Wildman–Crippen LogP) is -0.145. The molecule has 3 rings (SSSR count). The van der Waals surface area contributed by atoms with E-state index < -0.39 is 5.41 Å². The maximum atomic E-state index is 12.5. The molecule has 8 nitrogen and oxygen atoms in total. The van der Waals surface area contributed by atoms with E-state index in [1.54, 1.807) is 0 Å². The number of hydrogen-bond acceptors (Lipinski definition) is 7. The summed E-state index contributed by atoms with van der Waals surface area (Å²) < 4.78 is 0. The Labute approximate surface area is 115 Å². The molecule has 0 bridgehead atoms. The Bertz CT molecular complexity index is 561. The number of rotatable bonds is 2. The van der Waals surface area contributed by atoms with Crippen LogP contribution in [0.25, 0.3) is 0 Å². The van der Waals surface area contributed by atoms with Gasteiger partial charge in [-0.15, -0.1) is 0 Å². The van der Waals surface area contributed by atoms with Crippen LogP contribution in [0.4, 0.5) is 11.9 Å². The molecule has 1 spiro atoms. The van der Waals surface area contributed by atoms with Crippen molar-refractivity contribution < 1.29 is 9.59 Å². The van der Waals surface area contributed by atoms with Gasteiger partial charge in [0.2, 0.25) is 23.7 Å². The lowest BCUT2D eigenvalue weighted by Crippen LogP contribution is -2.34. The van der Waals surface area contributed by atoms with Gasteiger partial charge in [-0.3, -0.25) is 14.5 Å². The van der Waals surface area contributed by atoms with E-state index in [4.69, 9.17) is 11.5 Å². The lowest BCUT2D eigenvalue weighted by molar-refractivity contribution is -0.142. The van der Waals surface area contributed by atoms with E-state index in [-0.39, 0.29) is 36.1 Å². The highest BCUT2D eigenvalue weighted by atomic mass is 16.2. The van der Waals surface area contributed by atoms with Gasteiger partial charge in [0, 0.05) is 6.42 Å². The molecule has 2 aliphatic rings. The van der Waals surface area contributed by atoms with Crippen LogP contribution < -0.4 is 11.5 Å². The monoisotopic (exact) mass is 276 g/mol. The standard InChI is InChI=1S/C12H16N6O2/c13-10-15-7(16-11(14)17-10)6-18-8(19)5-12(9(18)20)3-1-2-4-12/h1-6H2,(H4,13,14,15,16,17). The topological polar surface area (TPSA) is 128 Å². The predicted molar refractivity (Wildman–Crippen MR) is 69.7 cm³/mol. The molecule has 106 valence electrons. The summed E-state index contributed by atoms with van der Waals surface area (Å²) in [5.74, 6) is -0.0666. The van der Waals surface area contributed by atoms with E-state index in [0.717, 1.165) is 25.7 Å². The van der Waals surface area contributed by atoms with Crippen molar-refractivity contribution in [3.63, 3.8) is 0 Å². The fourth-order valence-electron chi connectivity index (χ4n) is 3.13. The van der Waals surface area contributed by atoms with Gasteiger partial charge in [0.1, 0.15) is 0 Å². The van der Waals surface area contributed by atoms with E-state index >= 15 is 0 Å². The SMILES string of the molecule is Nc1nc(N)nc(CN2C(=O)CC3(CCCC3)C2=O)n1. The van der Waals surface area contributed by atoms with Crippen LogP contribution in [0.3, 0.4) is 0 Å². The summed E-state index contributed by atoms with van der Waals surface area (Å²) in [6, 6.07) is 0. The fraction of sp³-hybridized carbons (Fsp3) is 0.583. The minimum absolute atomic E-state index is 0.0103. The molecule has 1 saturated carbocycles. The molecule has 1 aliphatic heterocycles. The number of carbonyl (C=O) groups is 2. The number of nitrogen functional groups attached to an aromatic ring is 2. The lowest BCUT2D eigenvalue weighted by Gasteiger charge is -2.20. The number of aromatic nitrogens is 3. The summed E-state index contributed by atoms with van der Waals surface area (Å²) in [4.78, 5) is 37.3. The zero-order chi connectivity index (χ0) is 14.3. The molecule has 1 aliphatic carbocycles. The molecule has 20 heavy (non-hydrogen) atoms. The Kier molecular flexibility index (Phi) is 2.81. The van der Waals surface area contributed by atoms with E-state index in [1.165, 1.54) is 4.90 Å². The highest BCUT2D eigenvalue weighted by molar-refractivity contribution is 6.05. The number of nitrogens with two attached hydrogens (primary N) is 2. The van der Waals surface area contributed by atoms with Crippen LogP contribution in [0.5, 0.6) is 0 Å². The van der Waals surface area contributed by atoms with E-state index in [0.29, 0.717) is 6.42 Å². The number of hydrogen-bond donors (Lipinski definition) is 2. The largest absolute Gasteiger partial charge is 0.368 e. The molecule has 0 radical (unpaired) electrons. The minimum Gasteiger partial charge on any atom is -0.368 e. The normalized spacial score (nSPS) is 21.1. The summed E-state index contributed by atoms with van der Waals surface area (Å²) in [7, 11) is 0. The Morgan fingerprint density at radius 2 is 1.65 bits per heavy atom. The van der Waals surface area contributed by atoms with Gasteiger partial charge >= 0.3 is 0 Å². The van der Waals surface area contributed by atoms with Crippen LogP contribution in [0.15, 0.2) is 0 Å². The molecular weight excluding hydrogens is 260 g/mol. The van der Waals surface area contributed by atoms with Gasteiger partial charge in [-0.1, -0.05) is 12.8 Å². The molecule has 1 saturated heterocycles. The maximum absolute atomic E-state index is 12.5. The van der Waals surface area contributed by atoms with Crippen molar-refractivity contribution in [2.75, 3.05) is 11.5 Å². The summed E-state index contributed by atoms with van der Waals surface area (Å²) >= 11 is 0. The number of carbonyl (C=O) groups excluding carboxylic acids is 2. The van der Waals surface area contributed by atoms with Gasteiger partial charge in [-0.05, 0) is 12.8 Å². The first-order valence-electron chi connectivity index (χ1n) is 6.61.